The minimum atomic E-state index is -0.0778. The number of halogens is 1. The minimum Gasteiger partial charge on any atom is -0.457 e. The molecule has 24 heavy (non-hydrogen) atoms. The lowest BCUT2D eigenvalue weighted by atomic mass is 10.2. The van der Waals surface area contributed by atoms with E-state index < -0.39 is 0 Å². The maximum absolute atomic E-state index is 12.5. The lowest BCUT2D eigenvalue weighted by Gasteiger charge is -2.16. The molecule has 0 bridgehead atoms. The summed E-state index contributed by atoms with van der Waals surface area (Å²) in [5.74, 6) is 1.32. The number of hydrogen-bond donors (Lipinski definition) is 0. The van der Waals surface area contributed by atoms with Crippen LogP contribution in [0.1, 0.15) is 19.6 Å². The Hall–Kier alpha value is -1.92. The summed E-state index contributed by atoms with van der Waals surface area (Å²) in [6, 6.07) is 11.7. The fraction of sp³-hybridized carbons (Fsp3) is 0.222. The Bertz CT molecular complexity index is 811. The van der Waals surface area contributed by atoms with Crippen LogP contribution in [0.5, 0.6) is 0 Å². The van der Waals surface area contributed by atoms with E-state index in [-0.39, 0.29) is 5.91 Å². The van der Waals surface area contributed by atoms with Crippen molar-refractivity contribution < 1.29 is 9.21 Å². The van der Waals surface area contributed by atoms with Gasteiger partial charge in [-0.05, 0) is 50.3 Å². The normalized spacial score (nSPS) is 16.5. The molecule has 1 saturated heterocycles. The van der Waals surface area contributed by atoms with Crippen molar-refractivity contribution in [1.82, 2.24) is 9.80 Å². The van der Waals surface area contributed by atoms with Crippen LogP contribution in [0.3, 0.4) is 0 Å². The molecule has 0 spiro atoms. The molecule has 1 amide bonds. The Morgan fingerprint density at radius 1 is 1.08 bits per heavy atom. The van der Waals surface area contributed by atoms with Gasteiger partial charge in [0.2, 0.25) is 0 Å². The van der Waals surface area contributed by atoms with Gasteiger partial charge >= 0.3 is 0 Å². The second-order valence-electron chi connectivity index (χ2n) is 5.31. The molecule has 4 nitrogen and oxygen atoms in total. The number of rotatable bonds is 4. The number of thiocarbonyl (C=S) groups is 1. The first-order valence-electron chi connectivity index (χ1n) is 7.76. The number of hydrogen-bond acceptors (Lipinski definition) is 3. The first kappa shape index (κ1) is 16.9. The first-order valence-corrected chi connectivity index (χ1v) is 8.96. The monoisotopic (exact) mass is 404 g/mol. The van der Waals surface area contributed by atoms with Crippen LogP contribution in [0, 0.1) is 0 Å². The molecule has 3 rings (SSSR count). The average molecular weight is 405 g/mol. The predicted molar refractivity (Wildman–Crippen MR) is 102 cm³/mol. The molecule has 1 aromatic heterocycles. The quantitative estimate of drug-likeness (QED) is 0.554. The third-order valence-electron chi connectivity index (χ3n) is 3.88. The molecule has 2 aromatic rings. The molecule has 0 atom stereocenters. The van der Waals surface area contributed by atoms with Gasteiger partial charge in [-0.1, -0.05) is 28.1 Å². The zero-order chi connectivity index (χ0) is 17.3. The second-order valence-corrected chi connectivity index (χ2v) is 6.60. The maximum atomic E-state index is 12.5. The highest BCUT2D eigenvalue weighted by molar-refractivity contribution is 9.10. The third kappa shape index (κ3) is 3.03. The van der Waals surface area contributed by atoms with Crippen molar-refractivity contribution in [3.05, 3.63) is 52.3 Å². The van der Waals surface area contributed by atoms with Crippen LogP contribution in [0.15, 0.2) is 51.0 Å². The Kier molecular flexibility index (Phi) is 4.87. The van der Waals surface area contributed by atoms with Gasteiger partial charge < -0.3 is 9.32 Å². The van der Waals surface area contributed by atoms with Crippen LogP contribution >= 0.6 is 28.1 Å². The van der Waals surface area contributed by atoms with Crippen molar-refractivity contribution in [2.24, 2.45) is 0 Å². The van der Waals surface area contributed by atoms with Crippen LogP contribution < -0.4 is 0 Å². The Morgan fingerprint density at radius 3 is 2.38 bits per heavy atom. The minimum absolute atomic E-state index is 0.0778. The smallest absolute Gasteiger partial charge is 0.276 e. The molecule has 124 valence electrons. The molecule has 1 aromatic carbocycles. The fourth-order valence-corrected chi connectivity index (χ4v) is 3.35. The van der Waals surface area contributed by atoms with Crippen molar-refractivity contribution in [2.45, 2.75) is 13.8 Å². The van der Waals surface area contributed by atoms with E-state index in [0.29, 0.717) is 29.7 Å². The number of carbonyl (C=O) groups excluding carboxylic acids is 1. The summed E-state index contributed by atoms with van der Waals surface area (Å²) in [6.07, 6.45) is 1.76. The van der Waals surface area contributed by atoms with Gasteiger partial charge in [0.05, 0.1) is 0 Å². The summed E-state index contributed by atoms with van der Waals surface area (Å²) >= 11 is 8.80. The van der Waals surface area contributed by atoms with Gasteiger partial charge in [0.1, 0.15) is 17.2 Å². The molecule has 1 fully saturated rings. The summed E-state index contributed by atoms with van der Waals surface area (Å²) < 4.78 is 6.90. The van der Waals surface area contributed by atoms with Crippen molar-refractivity contribution in [3.8, 4) is 11.3 Å². The molecular formula is C18H17BrN2O2S. The number of benzene rings is 1. The van der Waals surface area contributed by atoms with E-state index in [2.05, 4.69) is 15.9 Å². The largest absolute Gasteiger partial charge is 0.457 e. The maximum Gasteiger partial charge on any atom is 0.276 e. The van der Waals surface area contributed by atoms with Crippen LogP contribution in [0.4, 0.5) is 0 Å². The van der Waals surface area contributed by atoms with Gasteiger partial charge in [0.25, 0.3) is 5.91 Å². The van der Waals surface area contributed by atoms with E-state index >= 15 is 0 Å². The van der Waals surface area contributed by atoms with Crippen LogP contribution in [0.2, 0.25) is 0 Å². The summed E-state index contributed by atoms with van der Waals surface area (Å²) in [7, 11) is 0. The SMILES string of the molecule is CCN1C(=O)/C(=C\c2ccc(-c3ccc(Br)cc3)o2)N(CC)C1=S. The summed E-state index contributed by atoms with van der Waals surface area (Å²) in [4.78, 5) is 16.0. The highest BCUT2D eigenvalue weighted by Crippen LogP contribution is 2.27. The zero-order valence-corrected chi connectivity index (χ0v) is 15.9. The van der Waals surface area contributed by atoms with Crippen LogP contribution in [-0.2, 0) is 4.79 Å². The Morgan fingerprint density at radius 2 is 1.75 bits per heavy atom. The molecule has 6 heteroatoms. The molecule has 0 N–H and O–H groups in total. The van der Waals surface area contributed by atoms with Gasteiger partial charge in [-0.2, -0.15) is 0 Å². The molecule has 1 aliphatic rings. The average Bonchev–Trinajstić information content (AvgIpc) is 3.12. The van der Waals surface area contributed by atoms with Gasteiger partial charge in [-0.15, -0.1) is 0 Å². The van der Waals surface area contributed by atoms with E-state index in [1.165, 1.54) is 0 Å². The lowest BCUT2D eigenvalue weighted by Crippen LogP contribution is -2.32. The van der Waals surface area contributed by atoms with E-state index in [0.717, 1.165) is 15.8 Å². The number of furan rings is 1. The first-order chi connectivity index (χ1) is 11.5. The highest BCUT2D eigenvalue weighted by Gasteiger charge is 2.36. The van der Waals surface area contributed by atoms with Crippen molar-refractivity contribution in [3.63, 3.8) is 0 Å². The van der Waals surface area contributed by atoms with E-state index in [1.807, 2.05) is 55.1 Å². The third-order valence-corrected chi connectivity index (χ3v) is 4.85. The van der Waals surface area contributed by atoms with E-state index in [4.69, 9.17) is 16.6 Å². The summed E-state index contributed by atoms with van der Waals surface area (Å²) in [5, 5.41) is 0.552. The standard InChI is InChI=1S/C18H17BrN2O2S/c1-3-20-15(17(22)21(4-2)18(20)24)11-14-9-10-16(23-14)12-5-7-13(19)8-6-12/h5-11H,3-4H2,1-2H3/b15-11+. The number of carbonyl (C=O) groups is 1. The highest BCUT2D eigenvalue weighted by atomic mass is 79.9. The molecule has 0 unspecified atom stereocenters. The topological polar surface area (TPSA) is 36.7 Å². The molecule has 0 aliphatic carbocycles. The molecule has 0 radical (unpaired) electrons. The van der Waals surface area contributed by atoms with Gasteiger partial charge in [-0.3, -0.25) is 9.69 Å². The molecular weight excluding hydrogens is 388 g/mol. The van der Waals surface area contributed by atoms with Crippen LogP contribution in [-0.4, -0.2) is 33.9 Å². The Balaban J connectivity index is 1.92. The number of amides is 1. The van der Waals surface area contributed by atoms with Crippen molar-refractivity contribution in [2.75, 3.05) is 13.1 Å². The van der Waals surface area contributed by atoms with Gasteiger partial charge in [0.15, 0.2) is 5.11 Å². The zero-order valence-electron chi connectivity index (χ0n) is 13.5. The second kappa shape index (κ2) is 6.91. The van der Waals surface area contributed by atoms with E-state index in [1.54, 1.807) is 11.0 Å². The fourth-order valence-electron chi connectivity index (χ4n) is 2.65. The van der Waals surface area contributed by atoms with Gasteiger partial charge in [0, 0.05) is 29.2 Å². The lowest BCUT2D eigenvalue weighted by molar-refractivity contribution is -0.122. The number of nitrogens with zero attached hydrogens (tertiary/aromatic N) is 2. The summed E-state index contributed by atoms with van der Waals surface area (Å²) in [5.41, 5.74) is 1.54. The predicted octanol–water partition coefficient (Wildman–Crippen LogP) is 4.52. The van der Waals surface area contributed by atoms with Gasteiger partial charge in [-0.25, -0.2) is 0 Å². The number of likely N-dealkylation sites (N-methyl/N-ethyl adjacent to an activating group) is 2. The van der Waals surface area contributed by atoms with Crippen molar-refractivity contribution in [1.29, 1.82) is 0 Å². The molecule has 0 saturated carbocycles. The molecule has 2 heterocycles. The van der Waals surface area contributed by atoms with Crippen molar-refractivity contribution >= 4 is 45.2 Å². The summed E-state index contributed by atoms with van der Waals surface area (Å²) in [6.45, 7) is 5.10. The molecule has 1 aliphatic heterocycles. The Labute approximate surface area is 154 Å². The van der Waals surface area contributed by atoms with E-state index in [9.17, 15) is 4.79 Å². The van der Waals surface area contributed by atoms with Crippen LogP contribution in [0.25, 0.3) is 17.4 Å².